The second-order valence-electron chi connectivity index (χ2n) is 12.6. The van der Waals surface area contributed by atoms with E-state index in [-0.39, 0.29) is 36.7 Å². The Labute approximate surface area is 271 Å². The molecule has 0 saturated carbocycles. The Morgan fingerprint density at radius 2 is 1.40 bits per heavy atom. The van der Waals surface area contributed by atoms with Crippen LogP contribution in [0.3, 0.4) is 0 Å². The summed E-state index contributed by atoms with van der Waals surface area (Å²) in [5, 5.41) is 25.6. The second kappa shape index (κ2) is 24.7. The Hall–Kier alpha value is -1.49. The number of nitrogens with two attached hydrogens (primary N) is 1. The Morgan fingerprint density at radius 3 is 1.91 bits per heavy atom. The number of hydrogen-bond acceptors (Lipinski definition) is 10. The predicted molar refractivity (Wildman–Crippen MR) is 184 cm³/mol. The zero-order valence-electron chi connectivity index (χ0n) is 28.0. The van der Waals surface area contributed by atoms with Crippen molar-refractivity contribution in [1.82, 2.24) is 15.3 Å². The summed E-state index contributed by atoms with van der Waals surface area (Å²) in [5.41, 5.74) is 6.45. The quantitative estimate of drug-likeness (QED) is 0.0398. The van der Waals surface area contributed by atoms with Crippen LogP contribution in [0.4, 0.5) is 11.6 Å². The van der Waals surface area contributed by atoms with Gasteiger partial charge in [-0.3, -0.25) is 14.3 Å². The molecule has 45 heavy (non-hydrogen) atoms. The molecule has 1 aromatic heterocycles. The second-order valence-corrected chi connectivity index (χ2v) is 14.7. The van der Waals surface area contributed by atoms with Crippen LogP contribution in [0.5, 0.6) is 0 Å². The smallest absolute Gasteiger partial charge is 0.333 e. The molecule has 2 heterocycles. The SMILES string of the molecule is CCOP(=O)(C[C@H](O)CNCC1CNc2c1nc(N)[nH]c2=O)OCCCCCCCCCCCCCCCCCCCCCO. The summed E-state index contributed by atoms with van der Waals surface area (Å²) in [7, 11) is -3.39. The lowest BCUT2D eigenvalue weighted by Crippen LogP contribution is -2.33. The Balaban J connectivity index is 1.42. The highest BCUT2D eigenvalue weighted by Gasteiger charge is 2.29. The number of H-pyrrole nitrogens is 1. The van der Waals surface area contributed by atoms with E-state index < -0.39 is 13.7 Å². The lowest BCUT2D eigenvalue weighted by atomic mass is 10.0. The summed E-state index contributed by atoms with van der Waals surface area (Å²) in [6.45, 7) is 4.00. The van der Waals surface area contributed by atoms with Gasteiger partial charge in [-0.15, -0.1) is 0 Å². The van der Waals surface area contributed by atoms with E-state index in [1.165, 1.54) is 96.3 Å². The van der Waals surface area contributed by atoms with Crippen molar-refractivity contribution in [2.75, 3.05) is 56.7 Å². The fraction of sp³-hybridized carbons (Fsp3) is 0.879. The Morgan fingerprint density at radius 1 is 0.889 bits per heavy atom. The highest BCUT2D eigenvalue weighted by atomic mass is 31.2. The summed E-state index contributed by atoms with van der Waals surface area (Å²) < 4.78 is 24.3. The van der Waals surface area contributed by atoms with E-state index in [9.17, 15) is 14.5 Å². The van der Waals surface area contributed by atoms with E-state index >= 15 is 0 Å². The molecule has 0 aromatic carbocycles. The van der Waals surface area contributed by atoms with Gasteiger partial charge in [-0.25, -0.2) is 4.98 Å². The number of fused-ring (bicyclic) bond motifs is 1. The third-order valence-electron chi connectivity index (χ3n) is 8.50. The van der Waals surface area contributed by atoms with Gasteiger partial charge in [0.05, 0.1) is 31.2 Å². The van der Waals surface area contributed by atoms with E-state index in [0.717, 1.165) is 25.7 Å². The van der Waals surface area contributed by atoms with Crippen LogP contribution in [0, 0.1) is 0 Å². The lowest BCUT2D eigenvalue weighted by molar-refractivity contribution is 0.162. The third kappa shape index (κ3) is 17.9. The number of aromatic nitrogens is 2. The standard InChI is InChI=1S/C33H64N5O6P/c1-2-43-45(42,27-29(40)26-35-24-28-25-36-31-30(28)37-33(34)38-32(31)41)44-23-21-19-17-15-13-11-9-7-5-3-4-6-8-10-12-14-16-18-20-22-39/h28-29,35-36,39-40H,2-27H2,1H3,(H3,34,37,38,41)/t28?,29-,45?/m1/s1. The van der Waals surface area contributed by atoms with E-state index in [2.05, 4.69) is 20.6 Å². The Kier molecular flexibility index (Phi) is 21.7. The number of nitrogen functional groups attached to an aromatic ring is 1. The molecular formula is C33H64N5O6P. The molecule has 0 spiro atoms. The minimum absolute atomic E-state index is 0.0545. The van der Waals surface area contributed by atoms with Crippen LogP contribution in [0.2, 0.25) is 0 Å². The fourth-order valence-corrected chi connectivity index (χ4v) is 7.71. The molecule has 1 aliphatic rings. The van der Waals surface area contributed by atoms with Crippen molar-refractivity contribution in [2.24, 2.45) is 0 Å². The number of unbranched alkanes of at least 4 members (excludes halogenated alkanes) is 18. The molecule has 262 valence electrons. The average molecular weight is 658 g/mol. The van der Waals surface area contributed by atoms with Crippen molar-refractivity contribution in [1.29, 1.82) is 0 Å². The van der Waals surface area contributed by atoms with Crippen LogP contribution in [-0.2, 0) is 13.6 Å². The topological polar surface area (TPSA) is 172 Å². The summed E-state index contributed by atoms with van der Waals surface area (Å²) in [4.78, 5) is 18.7. The zero-order valence-corrected chi connectivity index (χ0v) is 28.9. The van der Waals surface area contributed by atoms with E-state index in [1.54, 1.807) is 6.92 Å². The van der Waals surface area contributed by atoms with Gasteiger partial charge in [0.25, 0.3) is 5.56 Å². The molecule has 2 rings (SSSR count). The first-order valence-electron chi connectivity index (χ1n) is 17.9. The van der Waals surface area contributed by atoms with Crippen molar-refractivity contribution in [3.63, 3.8) is 0 Å². The Bertz CT molecular complexity index is 997. The normalized spacial score (nSPS) is 16.4. The van der Waals surface area contributed by atoms with Gasteiger partial charge in [-0.2, -0.15) is 0 Å². The fourth-order valence-electron chi connectivity index (χ4n) is 5.97. The number of aromatic amines is 1. The maximum atomic E-state index is 13.2. The van der Waals surface area contributed by atoms with Crippen LogP contribution in [0.25, 0.3) is 0 Å². The van der Waals surface area contributed by atoms with Crippen molar-refractivity contribution in [3.05, 3.63) is 16.0 Å². The number of hydrogen-bond donors (Lipinski definition) is 6. The summed E-state index contributed by atoms with van der Waals surface area (Å²) in [6, 6.07) is 0. The summed E-state index contributed by atoms with van der Waals surface area (Å²) in [5.74, 6) is 0.0275. The van der Waals surface area contributed by atoms with E-state index in [1.807, 2.05) is 0 Å². The third-order valence-corrected chi connectivity index (χ3v) is 10.6. The number of rotatable bonds is 30. The molecule has 0 bridgehead atoms. The van der Waals surface area contributed by atoms with Crippen LogP contribution in [0.1, 0.15) is 141 Å². The number of aliphatic hydroxyl groups excluding tert-OH is 2. The molecule has 0 aliphatic carbocycles. The van der Waals surface area contributed by atoms with Gasteiger partial charge in [0.15, 0.2) is 0 Å². The minimum atomic E-state index is -3.39. The van der Waals surface area contributed by atoms with Gasteiger partial charge >= 0.3 is 7.60 Å². The number of anilines is 2. The molecule has 3 atom stereocenters. The van der Waals surface area contributed by atoms with Crippen LogP contribution < -0.4 is 21.9 Å². The van der Waals surface area contributed by atoms with Gasteiger partial charge in [0.2, 0.25) is 5.95 Å². The minimum Gasteiger partial charge on any atom is -0.396 e. The molecule has 2 unspecified atom stereocenters. The summed E-state index contributed by atoms with van der Waals surface area (Å²) >= 11 is 0. The maximum absolute atomic E-state index is 13.2. The molecular weight excluding hydrogens is 593 g/mol. The molecule has 0 radical (unpaired) electrons. The van der Waals surface area contributed by atoms with Gasteiger partial charge < -0.3 is 35.6 Å². The molecule has 12 heteroatoms. The lowest BCUT2D eigenvalue weighted by Gasteiger charge is -2.21. The van der Waals surface area contributed by atoms with Gasteiger partial charge in [0, 0.05) is 32.2 Å². The first-order valence-corrected chi connectivity index (χ1v) is 19.6. The average Bonchev–Trinajstić information content (AvgIpc) is 3.41. The van der Waals surface area contributed by atoms with Crippen molar-refractivity contribution in [3.8, 4) is 0 Å². The van der Waals surface area contributed by atoms with Crippen LogP contribution in [0.15, 0.2) is 4.79 Å². The molecule has 1 aromatic rings. The number of aliphatic hydroxyl groups is 2. The summed E-state index contributed by atoms with van der Waals surface area (Å²) in [6.07, 6.45) is 22.9. The van der Waals surface area contributed by atoms with Gasteiger partial charge in [-0.05, 0) is 19.8 Å². The van der Waals surface area contributed by atoms with Gasteiger partial charge in [-0.1, -0.05) is 109 Å². The molecule has 0 amide bonds. The monoisotopic (exact) mass is 657 g/mol. The highest BCUT2D eigenvalue weighted by Crippen LogP contribution is 2.48. The van der Waals surface area contributed by atoms with Crippen LogP contribution >= 0.6 is 7.60 Å². The molecule has 1 aliphatic heterocycles. The molecule has 0 saturated heterocycles. The molecule has 0 fully saturated rings. The van der Waals surface area contributed by atoms with Crippen molar-refractivity contribution >= 4 is 19.2 Å². The van der Waals surface area contributed by atoms with Crippen molar-refractivity contribution < 1.29 is 23.8 Å². The van der Waals surface area contributed by atoms with Crippen LogP contribution in [-0.4, -0.2) is 71.9 Å². The van der Waals surface area contributed by atoms with E-state index in [4.69, 9.17) is 19.9 Å². The highest BCUT2D eigenvalue weighted by molar-refractivity contribution is 7.53. The van der Waals surface area contributed by atoms with E-state index in [0.29, 0.717) is 37.7 Å². The largest absolute Gasteiger partial charge is 0.396 e. The first-order chi connectivity index (χ1) is 21.9. The number of nitrogens with one attached hydrogen (secondary N) is 3. The zero-order chi connectivity index (χ0) is 32.6. The first kappa shape index (κ1) is 39.7. The maximum Gasteiger partial charge on any atom is 0.333 e. The van der Waals surface area contributed by atoms with Gasteiger partial charge in [0.1, 0.15) is 5.69 Å². The number of nitrogens with zero attached hydrogens (tertiary/aromatic N) is 1. The predicted octanol–water partition coefficient (Wildman–Crippen LogP) is 6.46. The molecule has 7 N–H and O–H groups in total. The van der Waals surface area contributed by atoms with Crippen molar-refractivity contribution in [2.45, 2.75) is 141 Å². The molecule has 11 nitrogen and oxygen atoms in total.